The zero-order valence-corrected chi connectivity index (χ0v) is 17.8. The summed E-state index contributed by atoms with van der Waals surface area (Å²) in [7, 11) is 9.00. The molecule has 0 heterocycles. The molecule has 0 atom stereocenters. The number of nitrogens with zero attached hydrogens (tertiary/aromatic N) is 3. The summed E-state index contributed by atoms with van der Waals surface area (Å²) in [5.74, 6) is 0.438. The minimum Gasteiger partial charge on any atom is -0.352 e. The number of aliphatic imine (C=N–C) groups is 1. The maximum Gasteiger partial charge on any atom is 0.253 e. The topological polar surface area (TPSA) is 60.0 Å². The second-order valence-electron chi connectivity index (χ2n) is 7.34. The number of hydrogen-bond acceptors (Lipinski definition) is 3. The number of amides is 1. The largest absolute Gasteiger partial charge is 0.352 e. The molecule has 0 fully saturated rings. The van der Waals surface area contributed by atoms with Crippen LogP contribution in [-0.2, 0) is 19.6 Å². The molecule has 156 valence electrons. The van der Waals surface area contributed by atoms with Crippen LogP contribution in [0, 0.1) is 5.82 Å². The van der Waals surface area contributed by atoms with Gasteiger partial charge in [-0.05, 0) is 49.5 Å². The lowest BCUT2D eigenvalue weighted by Crippen LogP contribution is -2.36. The van der Waals surface area contributed by atoms with Gasteiger partial charge in [-0.1, -0.05) is 18.2 Å². The first kappa shape index (κ1) is 22.4. The van der Waals surface area contributed by atoms with Crippen LogP contribution in [0.15, 0.2) is 47.5 Å². The monoisotopic (exact) mass is 399 g/mol. The lowest BCUT2D eigenvalue weighted by molar-refractivity contribution is 0.0827. The maximum absolute atomic E-state index is 13.9. The van der Waals surface area contributed by atoms with Crippen molar-refractivity contribution in [3.63, 3.8) is 0 Å². The molecule has 2 aromatic rings. The van der Waals surface area contributed by atoms with Crippen molar-refractivity contribution in [3.05, 3.63) is 70.5 Å². The molecule has 2 N–H and O–H groups in total. The first-order valence-corrected chi connectivity index (χ1v) is 9.47. The van der Waals surface area contributed by atoms with Crippen molar-refractivity contribution in [2.75, 3.05) is 35.2 Å². The van der Waals surface area contributed by atoms with E-state index in [4.69, 9.17) is 0 Å². The van der Waals surface area contributed by atoms with E-state index in [0.717, 1.165) is 11.1 Å². The number of benzene rings is 2. The van der Waals surface area contributed by atoms with Crippen LogP contribution in [-0.4, -0.2) is 56.9 Å². The predicted molar refractivity (Wildman–Crippen MR) is 115 cm³/mol. The molecular weight excluding hydrogens is 369 g/mol. The molecule has 0 saturated heterocycles. The first-order valence-electron chi connectivity index (χ1n) is 9.47. The first-order chi connectivity index (χ1) is 13.8. The van der Waals surface area contributed by atoms with Crippen LogP contribution < -0.4 is 10.6 Å². The van der Waals surface area contributed by atoms with Gasteiger partial charge in [-0.2, -0.15) is 0 Å². The molecule has 1 amide bonds. The molecule has 2 rings (SSSR count). The number of guanidine groups is 1. The van der Waals surface area contributed by atoms with E-state index in [1.807, 2.05) is 49.3 Å². The van der Waals surface area contributed by atoms with Crippen molar-refractivity contribution in [1.82, 2.24) is 20.4 Å². The zero-order valence-electron chi connectivity index (χ0n) is 17.8. The van der Waals surface area contributed by atoms with Crippen molar-refractivity contribution >= 4 is 11.9 Å². The summed E-state index contributed by atoms with van der Waals surface area (Å²) < 4.78 is 13.9. The third-order valence-corrected chi connectivity index (χ3v) is 4.35. The Labute approximate surface area is 172 Å². The quantitative estimate of drug-likeness (QED) is 0.555. The highest BCUT2D eigenvalue weighted by Crippen LogP contribution is 2.12. The Kier molecular flexibility index (Phi) is 8.15. The van der Waals surface area contributed by atoms with Gasteiger partial charge in [0.2, 0.25) is 0 Å². The van der Waals surface area contributed by atoms with Gasteiger partial charge in [0.05, 0.1) is 0 Å². The van der Waals surface area contributed by atoms with Crippen LogP contribution in [0.1, 0.15) is 27.0 Å². The Morgan fingerprint density at radius 1 is 0.966 bits per heavy atom. The fraction of sp³-hybridized carbons (Fsp3) is 0.364. The van der Waals surface area contributed by atoms with Gasteiger partial charge in [-0.15, -0.1) is 0 Å². The molecule has 0 aliphatic heterocycles. The third-order valence-electron chi connectivity index (χ3n) is 4.35. The van der Waals surface area contributed by atoms with E-state index in [0.29, 0.717) is 36.7 Å². The van der Waals surface area contributed by atoms with Crippen LogP contribution in [0.3, 0.4) is 0 Å². The Hall–Kier alpha value is -2.93. The van der Waals surface area contributed by atoms with E-state index < -0.39 is 0 Å². The molecule has 0 aliphatic carbocycles. The van der Waals surface area contributed by atoms with Crippen LogP contribution in [0.2, 0.25) is 0 Å². The average molecular weight is 400 g/mol. The van der Waals surface area contributed by atoms with Crippen LogP contribution >= 0.6 is 0 Å². The number of nitrogens with one attached hydrogen (secondary N) is 2. The zero-order chi connectivity index (χ0) is 21.4. The van der Waals surface area contributed by atoms with Crippen LogP contribution in [0.25, 0.3) is 0 Å². The minimum atomic E-state index is -0.193. The molecule has 0 aliphatic rings. The van der Waals surface area contributed by atoms with E-state index in [-0.39, 0.29) is 11.7 Å². The number of halogens is 1. The van der Waals surface area contributed by atoms with Crippen molar-refractivity contribution in [1.29, 1.82) is 0 Å². The minimum absolute atomic E-state index is 0.0186. The summed E-state index contributed by atoms with van der Waals surface area (Å²) in [4.78, 5) is 19.7. The molecule has 29 heavy (non-hydrogen) atoms. The Bertz CT molecular complexity index is 847. The third kappa shape index (κ3) is 6.87. The highest BCUT2D eigenvalue weighted by molar-refractivity contribution is 5.93. The predicted octanol–water partition coefficient (Wildman–Crippen LogP) is 2.45. The van der Waals surface area contributed by atoms with Gasteiger partial charge >= 0.3 is 0 Å². The van der Waals surface area contributed by atoms with E-state index in [9.17, 15) is 9.18 Å². The summed E-state index contributed by atoms with van der Waals surface area (Å²) in [6.45, 7) is 1.67. The molecule has 0 bridgehead atoms. The van der Waals surface area contributed by atoms with E-state index in [1.165, 1.54) is 6.07 Å². The van der Waals surface area contributed by atoms with Gasteiger partial charge in [0, 0.05) is 51.9 Å². The van der Waals surface area contributed by atoms with Gasteiger partial charge < -0.3 is 20.4 Å². The molecule has 2 aromatic carbocycles. The SMILES string of the molecule is CN=C(NCc1ccc(C(=O)N(C)C)cc1)NCc1ccc(F)c(CN(C)C)c1. The molecule has 0 spiro atoms. The van der Waals surface area contributed by atoms with E-state index in [1.54, 1.807) is 32.1 Å². The Balaban J connectivity index is 1.91. The van der Waals surface area contributed by atoms with Crippen LogP contribution in [0.4, 0.5) is 4.39 Å². The molecule has 0 unspecified atom stereocenters. The molecule has 7 heteroatoms. The lowest BCUT2D eigenvalue weighted by atomic mass is 10.1. The highest BCUT2D eigenvalue weighted by Gasteiger charge is 2.08. The number of rotatable bonds is 7. The maximum atomic E-state index is 13.9. The summed E-state index contributed by atoms with van der Waals surface area (Å²) in [6.07, 6.45) is 0. The smallest absolute Gasteiger partial charge is 0.253 e. The number of carbonyl (C=O) groups excluding carboxylic acids is 1. The van der Waals surface area contributed by atoms with E-state index in [2.05, 4.69) is 15.6 Å². The van der Waals surface area contributed by atoms with Gasteiger partial charge in [0.15, 0.2) is 5.96 Å². The van der Waals surface area contributed by atoms with Crippen molar-refractivity contribution in [2.24, 2.45) is 4.99 Å². The fourth-order valence-electron chi connectivity index (χ4n) is 2.82. The van der Waals surface area contributed by atoms with Crippen molar-refractivity contribution in [3.8, 4) is 0 Å². The van der Waals surface area contributed by atoms with Crippen molar-refractivity contribution in [2.45, 2.75) is 19.6 Å². The van der Waals surface area contributed by atoms with Gasteiger partial charge in [0.25, 0.3) is 5.91 Å². The Morgan fingerprint density at radius 2 is 1.55 bits per heavy atom. The molecule has 0 aromatic heterocycles. The molecule has 0 radical (unpaired) electrons. The van der Waals surface area contributed by atoms with Crippen LogP contribution in [0.5, 0.6) is 0 Å². The normalized spacial score (nSPS) is 11.5. The van der Waals surface area contributed by atoms with Gasteiger partial charge in [-0.25, -0.2) is 4.39 Å². The molecule has 6 nitrogen and oxygen atoms in total. The standard InChI is InChI=1S/C22H30FN5O/c1-24-22(25-13-16-6-9-18(10-7-16)21(29)28(4)5)26-14-17-8-11-20(23)19(12-17)15-27(2)3/h6-12H,13-15H2,1-5H3,(H2,24,25,26). The lowest BCUT2D eigenvalue weighted by Gasteiger charge is -2.15. The summed E-state index contributed by atoms with van der Waals surface area (Å²) >= 11 is 0. The second kappa shape index (κ2) is 10.6. The van der Waals surface area contributed by atoms with Crippen molar-refractivity contribution < 1.29 is 9.18 Å². The Morgan fingerprint density at radius 3 is 2.10 bits per heavy atom. The fourth-order valence-corrected chi connectivity index (χ4v) is 2.82. The van der Waals surface area contributed by atoms with Gasteiger partial charge in [0.1, 0.15) is 5.82 Å². The number of hydrogen-bond donors (Lipinski definition) is 2. The molecular formula is C22H30FN5O. The summed E-state index contributed by atoms with van der Waals surface area (Å²) in [5.41, 5.74) is 3.35. The number of carbonyl (C=O) groups is 1. The molecule has 0 saturated carbocycles. The average Bonchev–Trinajstić information content (AvgIpc) is 2.69. The van der Waals surface area contributed by atoms with E-state index >= 15 is 0 Å². The second-order valence-corrected chi connectivity index (χ2v) is 7.34. The highest BCUT2D eigenvalue weighted by atomic mass is 19.1. The summed E-state index contributed by atoms with van der Waals surface area (Å²) in [5, 5.41) is 6.49. The van der Waals surface area contributed by atoms with Gasteiger partial charge in [-0.3, -0.25) is 9.79 Å². The summed E-state index contributed by atoms with van der Waals surface area (Å²) in [6, 6.07) is 12.6.